The Balaban J connectivity index is 2.08. The number of nitrogens with zero attached hydrogens (tertiary/aromatic N) is 2. The zero-order valence-electron chi connectivity index (χ0n) is 15.1. The first-order valence-electron chi connectivity index (χ1n) is 8.30. The van der Waals surface area contributed by atoms with Gasteiger partial charge < -0.3 is 9.64 Å². The Morgan fingerprint density at radius 1 is 1.35 bits per heavy atom. The van der Waals surface area contributed by atoms with Crippen LogP contribution >= 0.6 is 11.6 Å². The van der Waals surface area contributed by atoms with Gasteiger partial charge in [0.2, 0.25) is 10.0 Å². The summed E-state index contributed by atoms with van der Waals surface area (Å²) < 4.78 is 30.5. The number of sulfonamides is 1. The van der Waals surface area contributed by atoms with Gasteiger partial charge in [-0.3, -0.25) is 4.79 Å². The van der Waals surface area contributed by atoms with Crippen LogP contribution in [0.3, 0.4) is 0 Å². The van der Waals surface area contributed by atoms with Crippen LogP contribution < -0.4 is 0 Å². The zero-order chi connectivity index (χ0) is 19.5. The van der Waals surface area contributed by atoms with Crippen molar-refractivity contribution >= 4 is 33.5 Å². The number of carbonyl (C=O) groups excluding carboxylic acids is 2. The Bertz CT molecular complexity index is 794. The summed E-state index contributed by atoms with van der Waals surface area (Å²) in [6, 6.07) is 3.80. The lowest BCUT2D eigenvalue weighted by Gasteiger charge is -2.30. The van der Waals surface area contributed by atoms with Gasteiger partial charge in [0.1, 0.15) is 0 Å². The smallest absolute Gasteiger partial charge is 0.340 e. The molecule has 1 aromatic carbocycles. The van der Waals surface area contributed by atoms with Gasteiger partial charge in [-0.05, 0) is 37.0 Å². The molecule has 1 amide bonds. The number of hydrogen-bond donors (Lipinski definition) is 0. The first-order valence-corrected chi connectivity index (χ1v) is 10.1. The molecule has 1 fully saturated rings. The predicted octanol–water partition coefficient (Wildman–Crippen LogP) is 2.01. The second-order valence-corrected chi connectivity index (χ2v) is 9.15. The van der Waals surface area contributed by atoms with Crippen LogP contribution in [0.5, 0.6) is 0 Å². The van der Waals surface area contributed by atoms with E-state index in [1.165, 1.54) is 26.2 Å². The second-order valence-electron chi connectivity index (χ2n) is 6.59. The van der Waals surface area contributed by atoms with Crippen LogP contribution in [0, 0.1) is 5.92 Å². The maximum absolute atomic E-state index is 12.3. The Hall–Kier alpha value is -1.64. The molecule has 1 aliphatic rings. The van der Waals surface area contributed by atoms with E-state index >= 15 is 0 Å². The summed E-state index contributed by atoms with van der Waals surface area (Å²) in [5.41, 5.74) is -0.0885. The molecule has 0 unspecified atom stereocenters. The number of benzene rings is 1. The fourth-order valence-electron chi connectivity index (χ4n) is 2.74. The van der Waals surface area contributed by atoms with Gasteiger partial charge in [0.15, 0.2) is 6.61 Å². The van der Waals surface area contributed by atoms with Gasteiger partial charge in [0.05, 0.1) is 15.5 Å². The lowest BCUT2D eigenvalue weighted by Crippen LogP contribution is -2.41. The molecule has 144 valence electrons. The summed E-state index contributed by atoms with van der Waals surface area (Å²) in [6.07, 6.45) is 2.00. The molecular formula is C17H23ClN2O5S. The summed E-state index contributed by atoms with van der Waals surface area (Å²) >= 11 is 6.00. The standard InChI is InChI=1S/C17H23ClN2O5S/c1-12-5-4-8-20(10-12)16(21)11-25-17(22)14-9-13(6-7-15(14)18)26(23,24)19(2)3/h6-7,9,12H,4-5,8,10-11H2,1-3H3/t12-/m1/s1. The molecule has 1 atom stereocenters. The summed E-state index contributed by atoms with van der Waals surface area (Å²) in [5.74, 6) is -0.673. The van der Waals surface area contributed by atoms with E-state index in [1.807, 2.05) is 0 Å². The summed E-state index contributed by atoms with van der Waals surface area (Å²) in [5, 5.41) is 0.0618. The topological polar surface area (TPSA) is 84.0 Å². The van der Waals surface area contributed by atoms with Crippen molar-refractivity contribution < 1.29 is 22.7 Å². The highest BCUT2D eigenvalue weighted by atomic mass is 35.5. The van der Waals surface area contributed by atoms with Crippen LogP contribution in [0.2, 0.25) is 5.02 Å². The minimum absolute atomic E-state index is 0.0618. The van der Waals surface area contributed by atoms with E-state index in [0.717, 1.165) is 23.2 Å². The monoisotopic (exact) mass is 402 g/mol. The van der Waals surface area contributed by atoms with Crippen LogP contribution in [0.4, 0.5) is 0 Å². The number of ether oxygens (including phenoxy) is 1. The Morgan fingerprint density at radius 3 is 2.65 bits per heavy atom. The maximum Gasteiger partial charge on any atom is 0.340 e. The van der Waals surface area contributed by atoms with Crippen LogP contribution in [-0.4, -0.2) is 63.3 Å². The molecular weight excluding hydrogens is 380 g/mol. The minimum Gasteiger partial charge on any atom is -0.452 e. The van der Waals surface area contributed by atoms with E-state index in [4.69, 9.17) is 16.3 Å². The SMILES string of the molecule is C[C@@H]1CCCN(C(=O)COC(=O)c2cc(S(=O)(=O)N(C)C)ccc2Cl)C1. The number of halogens is 1. The fraction of sp³-hybridized carbons (Fsp3) is 0.529. The van der Waals surface area contributed by atoms with Crippen molar-refractivity contribution in [2.75, 3.05) is 33.8 Å². The summed E-state index contributed by atoms with van der Waals surface area (Å²) in [6.45, 7) is 2.97. The molecule has 2 rings (SSSR count). The number of hydrogen-bond acceptors (Lipinski definition) is 5. The van der Waals surface area contributed by atoms with Gasteiger partial charge in [0, 0.05) is 27.2 Å². The molecule has 0 bridgehead atoms. The highest BCUT2D eigenvalue weighted by Gasteiger charge is 2.24. The number of carbonyl (C=O) groups is 2. The van der Waals surface area contributed by atoms with Crippen molar-refractivity contribution in [3.05, 3.63) is 28.8 Å². The Kier molecular flexibility index (Phi) is 6.65. The van der Waals surface area contributed by atoms with E-state index in [0.29, 0.717) is 19.0 Å². The predicted molar refractivity (Wildman–Crippen MR) is 97.6 cm³/mol. The maximum atomic E-state index is 12.3. The fourth-order valence-corrected chi connectivity index (χ4v) is 3.87. The molecule has 1 saturated heterocycles. The minimum atomic E-state index is -3.71. The van der Waals surface area contributed by atoms with Gasteiger partial charge in [-0.2, -0.15) is 0 Å². The molecule has 1 aromatic rings. The van der Waals surface area contributed by atoms with Gasteiger partial charge >= 0.3 is 5.97 Å². The molecule has 0 radical (unpaired) electrons. The average molecular weight is 403 g/mol. The van der Waals surface area contributed by atoms with E-state index in [-0.39, 0.29) is 21.4 Å². The summed E-state index contributed by atoms with van der Waals surface area (Å²) in [7, 11) is -0.934. The lowest BCUT2D eigenvalue weighted by molar-refractivity contribution is -0.136. The van der Waals surface area contributed by atoms with Crippen molar-refractivity contribution in [3.63, 3.8) is 0 Å². The Labute approximate surface area is 158 Å². The van der Waals surface area contributed by atoms with E-state index in [2.05, 4.69) is 6.92 Å². The normalized spacial score (nSPS) is 18.0. The molecule has 1 heterocycles. The van der Waals surface area contributed by atoms with Crippen molar-refractivity contribution in [1.82, 2.24) is 9.21 Å². The highest BCUT2D eigenvalue weighted by Crippen LogP contribution is 2.23. The number of rotatable bonds is 5. The third-order valence-corrected chi connectivity index (χ3v) is 6.41. The van der Waals surface area contributed by atoms with Crippen molar-refractivity contribution in [2.45, 2.75) is 24.7 Å². The van der Waals surface area contributed by atoms with Crippen LogP contribution in [0.25, 0.3) is 0 Å². The van der Waals surface area contributed by atoms with Gasteiger partial charge in [0.25, 0.3) is 5.91 Å². The lowest BCUT2D eigenvalue weighted by atomic mass is 10.0. The van der Waals surface area contributed by atoms with Crippen LogP contribution in [-0.2, 0) is 19.6 Å². The number of piperidine rings is 1. The molecule has 26 heavy (non-hydrogen) atoms. The Morgan fingerprint density at radius 2 is 2.04 bits per heavy atom. The van der Waals surface area contributed by atoms with Gasteiger partial charge in [-0.1, -0.05) is 18.5 Å². The quantitative estimate of drug-likeness (QED) is 0.703. The molecule has 0 N–H and O–H groups in total. The van der Waals surface area contributed by atoms with Crippen LogP contribution in [0.1, 0.15) is 30.1 Å². The average Bonchev–Trinajstić information content (AvgIpc) is 2.59. The largest absolute Gasteiger partial charge is 0.452 e. The third kappa shape index (κ3) is 4.75. The molecule has 7 nitrogen and oxygen atoms in total. The van der Waals surface area contributed by atoms with Crippen molar-refractivity contribution in [1.29, 1.82) is 0 Å². The highest BCUT2D eigenvalue weighted by molar-refractivity contribution is 7.89. The molecule has 1 aliphatic heterocycles. The zero-order valence-corrected chi connectivity index (χ0v) is 16.6. The van der Waals surface area contributed by atoms with E-state index < -0.39 is 22.6 Å². The van der Waals surface area contributed by atoms with E-state index in [9.17, 15) is 18.0 Å². The van der Waals surface area contributed by atoms with Crippen molar-refractivity contribution in [2.24, 2.45) is 5.92 Å². The molecule has 0 saturated carbocycles. The summed E-state index contributed by atoms with van der Waals surface area (Å²) in [4.78, 5) is 26.1. The number of amides is 1. The van der Waals surface area contributed by atoms with Gasteiger partial charge in [-0.25, -0.2) is 17.5 Å². The molecule has 0 spiro atoms. The van der Waals surface area contributed by atoms with E-state index in [1.54, 1.807) is 4.90 Å². The molecule has 9 heteroatoms. The number of likely N-dealkylation sites (tertiary alicyclic amines) is 1. The third-order valence-electron chi connectivity index (χ3n) is 4.27. The molecule has 0 aliphatic carbocycles. The van der Waals surface area contributed by atoms with Gasteiger partial charge in [-0.15, -0.1) is 0 Å². The number of esters is 1. The van der Waals surface area contributed by atoms with Crippen LogP contribution in [0.15, 0.2) is 23.1 Å². The second kappa shape index (κ2) is 8.37. The van der Waals surface area contributed by atoms with Crippen molar-refractivity contribution in [3.8, 4) is 0 Å². The first kappa shape index (κ1) is 20.7. The first-order chi connectivity index (χ1) is 12.1. The molecule has 0 aromatic heterocycles.